The van der Waals surface area contributed by atoms with E-state index in [1.165, 1.54) is 0 Å². The highest BCUT2D eigenvalue weighted by Gasteiger charge is 2.21. The van der Waals surface area contributed by atoms with Gasteiger partial charge in [-0.2, -0.15) is 0 Å². The van der Waals surface area contributed by atoms with E-state index in [1.54, 1.807) is 11.8 Å². The molecule has 1 amide bonds. The number of amides is 1. The van der Waals surface area contributed by atoms with Gasteiger partial charge in [0.2, 0.25) is 5.91 Å². The quantitative estimate of drug-likeness (QED) is 0.453. The lowest BCUT2D eigenvalue weighted by molar-refractivity contribution is -0.130. The van der Waals surface area contributed by atoms with Crippen LogP contribution in [0.15, 0.2) is 12.2 Å². The molecule has 68 valence electrons. The standard InChI is InChI=1S/C9H14ClNO/c1-7-4-3-5-11(6-7)9(12)8(2)10/h8H,1,3-6H2,2H3. The smallest absolute Gasteiger partial charge is 0.240 e. The number of hydrogen-bond acceptors (Lipinski definition) is 1. The summed E-state index contributed by atoms with van der Waals surface area (Å²) >= 11 is 5.69. The van der Waals surface area contributed by atoms with Crippen LogP contribution in [0.4, 0.5) is 0 Å². The number of alkyl halides is 1. The predicted octanol–water partition coefficient (Wildman–Crippen LogP) is 1.79. The fourth-order valence-electron chi connectivity index (χ4n) is 1.39. The third kappa shape index (κ3) is 2.24. The van der Waals surface area contributed by atoms with E-state index in [9.17, 15) is 4.79 Å². The van der Waals surface area contributed by atoms with Crippen LogP contribution >= 0.6 is 11.6 Å². The number of rotatable bonds is 1. The van der Waals surface area contributed by atoms with Gasteiger partial charge in [-0.1, -0.05) is 12.2 Å². The molecule has 1 aliphatic heterocycles. The van der Waals surface area contributed by atoms with E-state index in [0.717, 1.165) is 25.0 Å². The normalized spacial score (nSPS) is 20.8. The van der Waals surface area contributed by atoms with E-state index in [0.29, 0.717) is 6.54 Å². The number of piperidine rings is 1. The van der Waals surface area contributed by atoms with Crippen LogP contribution in [0.1, 0.15) is 19.8 Å². The zero-order valence-corrected chi connectivity index (χ0v) is 8.10. The first kappa shape index (κ1) is 9.59. The van der Waals surface area contributed by atoms with Crippen molar-refractivity contribution in [1.82, 2.24) is 4.90 Å². The van der Waals surface area contributed by atoms with E-state index in [-0.39, 0.29) is 5.91 Å². The Morgan fingerprint density at radius 2 is 2.42 bits per heavy atom. The molecule has 0 aromatic heterocycles. The largest absolute Gasteiger partial charge is 0.337 e. The van der Waals surface area contributed by atoms with Crippen LogP contribution in [-0.2, 0) is 4.79 Å². The molecule has 1 saturated heterocycles. The van der Waals surface area contributed by atoms with Crippen molar-refractivity contribution in [2.24, 2.45) is 0 Å². The Hall–Kier alpha value is -0.500. The van der Waals surface area contributed by atoms with Crippen molar-refractivity contribution in [2.45, 2.75) is 25.1 Å². The van der Waals surface area contributed by atoms with Crippen molar-refractivity contribution >= 4 is 17.5 Å². The van der Waals surface area contributed by atoms with Gasteiger partial charge in [0.05, 0.1) is 0 Å². The predicted molar refractivity (Wildman–Crippen MR) is 50.3 cm³/mol. The molecule has 1 rings (SSSR count). The second-order valence-electron chi connectivity index (χ2n) is 3.23. The fourth-order valence-corrected chi connectivity index (χ4v) is 1.53. The molecule has 0 N–H and O–H groups in total. The zero-order chi connectivity index (χ0) is 9.14. The van der Waals surface area contributed by atoms with E-state index >= 15 is 0 Å². The SMILES string of the molecule is C=C1CCCN(C(=O)C(C)Cl)C1. The molecule has 0 bridgehead atoms. The summed E-state index contributed by atoms with van der Waals surface area (Å²) in [6, 6.07) is 0. The minimum absolute atomic E-state index is 0.0255. The Bertz CT molecular complexity index is 201. The Morgan fingerprint density at radius 3 is 2.92 bits per heavy atom. The molecule has 1 unspecified atom stereocenters. The maximum Gasteiger partial charge on any atom is 0.240 e. The summed E-state index contributed by atoms with van der Waals surface area (Å²) in [7, 11) is 0. The second kappa shape index (κ2) is 3.94. The Morgan fingerprint density at radius 1 is 1.75 bits per heavy atom. The maximum absolute atomic E-state index is 11.4. The van der Waals surface area contributed by atoms with Crippen LogP contribution in [0.3, 0.4) is 0 Å². The highest BCUT2D eigenvalue weighted by Crippen LogP contribution is 2.15. The van der Waals surface area contributed by atoms with E-state index in [2.05, 4.69) is 6.58 Å². The summed E-state index contributed by atoms with van der Waals surface area (Å²) in [4.78, 5) is 13.2. The molecule has 1 fully saturated rings. The van der Waals surface area contributed by atoms with E-state index in [1.807, 2.05) is 0 Å². The van der Waals surface area contributed by atoms with Crippen molar-refractivity contribution in [1.29, 1.82) is 0 Å². The lowest BCUT2D eigenvalue weighted by atomic mass is 10.1. The summed E-state index contributed by atoms with van der Waals surface area (Å²) in [6.07, 6.45) is 2.06. The average Bonchev–Trinajstić information content (AvgIpc) is 2.03. The summed E-state index contributed by atoms with van der Waals surface area (Å²) < 4.78 is 0. The van der Waals surface area contributed by atoms with Crippen LogP contribution in [-0.4, -0.2) is 29.3 Å². The van der Waals surface area contributed by atoms with Gasteiger partial charge in [0.15, 0.2) is 0 Å². The van der Waals surface area contributed by atoms with Gasteiger partial charge in [-0.15, -0.1) is 11.6 Å². The summed E-state index contributed by atoms with van der Waals surface area (Å²) in [5.74, 6) is 0.0255. The van der Waals surface area contributed by atoms with E-state index < -0.39 is 5.38 Å². The summed E-state index contributed by atoms with van der Waals surface area (Å²) in [6.45, 7) is 7.10. The number of carbonyl (C=O) groups excluding carboxylic acids is 1. The van der Waals surface area contributed by atoms with Crippen LogP contribution in [0, 0.1) is 0 Å². The van der Waals surface area contributed by atoms with Crippen molar-refractivity contribution in [3.05, 3.63) is 12.2 Å². The lowest BCUT2D eigenvalue weighted by Gasteiger charge is -2.29. The molecular formula is C9H14ClNO. The third-order valence-electron chi connectivity index (χ3n) is 2.02. The molecule has 2 nitrogen and oxygen atoms in total. The lowest BCUT2D eigenvalue weighted by Crippen LogP contribution is -2.40. The minimum atomic E-state index is -0.407. The number of hydrogen-bond donors (Lipinski definition) is 0. The van der Waals surface area contributed by atoms with Gasteiger partial charge in [-0.05, 0) is 19.8 Å². The molecular weight excluding hydrogens is 174 g/mol. The molecule has 0 aromatic carbocycles. The average molecular weight is 188 g/mol. The van der Waals surface area contributed by atoms with Crippen molar-refractivity contribution in [3.8, 4) is 0 Å². The van der Waals surface area contributed by atoms with Gasteiger partial charge in [0.1, 0.15) is 5.38 Å². The Labute approximate surface area is 78.2 Å². The Kier molecular flexibility index (Phi) is 3.15. The Balaban J connectivity index is 2.51. The molecule has 0 aliphatic carbocycles. The number of halogens is 1. The molecule has 0 saturated carbocycles. The first-order valence-corrected chi connectivity index (χ1v) is 4.64. The van der Waals surface area contributed by atoms with Crippen LogP contribution in [0.5, 0.6) is 0 Å². The molecule has 1 aliphatic rings. The number of carbonyl (C=O) groups is 1. The number of likely N-dealkylation sites (tertiary alicyclic amines) is 1. The number of nitrogens with zero attached hydrogens (tertiary/aromatic N) is 1. The molecule has 1 heterocycles. The fraction of sp³-hybridized carbons (Fsp3) is 0.667. The summed E-state index contributed by atoms with van der Waals surface area (Å²) in [5.41, 5.74) is 1.13. The molecule has 0 spiro atoms. The summed E-state index contributed by atoms with van der Waals surface area (Å²) in [5, 5.41) is -0.407. The first-order chi connectivity index (χ1) is 5.61. The van der Waals surface area contributed by atoms with Crippen LogP contribution < -0.4 is 0 Å². The van der Waals surface area contributed by atoms with Gasteiger partial charge >= 0.3 is 0 Å². The molecule has 0 aromatic rings. The topological polar surface area (TPSA) is 20.3 Å². The minimum Gasteiger partial charge on any atom is -0.337 e. The second-order valence-corrected chi connectivity index (χ2v) is 3.88. The van der Waals surface area contributed by atoms with Gasteiger partial charge in [0.25, 0.3) is 0 Å². The van der Waals surface area contributed by atoms with Crippen LogP contribution in [0.2, 0.25) is 0 Å². The van der Waals surface area contributed by atoms with Crippen molar-refractivity contribution in [2.75, 3.05) is 13.1 Å². The molecule has 3 heteroatoms. The maximum atomic E-state index is 11.4. The van der Waals surface area contributed by atoms with Crippen LogP contribution in [0.25, 0.3) is 0 Å². The molecule has 0 radical (unpaired) electrons. The molecule has 1 atom stereocenters. The van der Waals surface area contributed by atoms with Crippen molar-refractivity contribution in [3.63, 3.8) is 0 Å². The van der Waals surface area contributed by atoms with Gasteiger partial charge < -0.3 is 4.90 Å². The van der Waals surface area contributed by atoms with E-state index in [4.69, 9.17) is 11.6 Å². The van der Waals surface area contributed by atoms with Gasteiger partial charge in [0, 0.05) is 13.1 Å². The highest BCUT2D eigenvalue weighted by molar-refractivity contribution is 6.30. The van der Waals surface area contributed by atoms with Gasteiger partial charge in [-0.3, -0.25) is 4.79 Å². The van der Waals surface area contributed by atoms with Crippen molar-refractivity contribution < 1.29 is 4.79 Å². The third-order valence-corrected chi connectivity index (χ3v) is 2.21. The van der Waals surface area contributed by atoms with Gasteiger partial charge in [-0.25, -0.2) is 0 Å². The molecule has 12 heavy (non-hydrogen) atoms. The first-order valence-electron chi connectivity index (χ1n) is 4.21. The highest BCUT2D eigenvalue weighted by atomic mass is 35.5. The zero-order valence-electron chi connectivity index (χ0n) is 7.35. The monoisotopic (exact) mass is 187 g/mol.